The molecule has 112 valence electrons. The standard InChI is InChI=1S/C17H21NO2S/c1-12-6-8-16(10-14(12)3)18(21(5,19)20)17-9-7-13(2)15(4)11-17/h6-11H,1-5H3. The van der Waals surface area contributed by atoms with E-state index in [-0.39, 0.29) is 0 Å². The van der Waals surface area contributed by atoms with Crippen molar-refractivity contribution < 1.29 is 8.42 Å². The molecule has 0 heterocycles. The number of anilines is 2. The Morgan fingerprint density at radius 2 is 1.10 bits per heavy atom. The third kappa shape index (κ3) is 3.27. The lowest BCUT2D eigenvalue weighted by Gasteiger charge is -2.24. The molecule has 2 aromatic carbocycles. The Kier molecular flexibility index (Phi) is 4.10. The molecule has 0 radical (unpaired) electrons. The molecule has 21 heavy (non-hydrogen) atoms. The van der Waals surface area contributed by atoms with E-state index in [1.54, 1.807) is 0 Å². The van der Waals surface area contributed by atoms with Crippen molar-refractivity contribution in [3.05, 3.63) is 58.7 Å². The number of hydrogen-bond acceptors (Lipinski definition) is 2. The summed E-state index contributed by atoms with van der Waals surface area (Å²) >= 11 is 0. The highest BCUT2D eigenvalue weighted by atomic mass is 32.2. The predicted octanol–water partition coefficient (Wildman–Crippen LogP) is 4.02. The zero-order valence-electron chi connectivity index (χ0n) is 13.1. The minimum Gasteiger partial charge on any atom is -0.239 e. The summed E-state index contributed by atoms with van der Waals surface area (Å²) in [5.41, 5.74) is 5.78. The first kappa shape index (κ1) is 15.6. The Morgan fingerprint density at radius 1 is 0.714 bits per heavy atom. The average Bonchev–Trinajstić information content (AvgIpc) is 2.37. The van der Waals surface area contributed by atoms with E-state index in [4.69, 9.17) is 0 Å². The van der Waals surface area contributed by atoms with Crippen molar-refractivity contribution in [2.24, 2.45) is 0 Å². The van der Waals surface area contributed by atoms with E-state index in [9.17, 15) is 8.42 Å². The second kappa shape index (κ2) is 5.53. The first-order valence-electron chi connectivity index (χ1n) is 6.85. The van der Waals surface area contributed by atoms with Crippen molar-refractivity contribution in [3.8, 4) is 0 Å². The molecule has 2 rings (SSSR count). The minimum atomic E-state index is -3.40. The summed E-state index contributed by atoms with van der Waals surface area (Å²) in [5.74, 6) is 0. The number of sulfonamides is 1. The lowest BCUT2D eigenvalue weighted by molar-refractivity contribution is 0.602. The Hall–Kier alpha value is -1.81. The summed E-state index contributed by atoms with van der Waals surface area (Å²) in [5, 5.41) is 0. The molecule has 3 nitrogen and oxygen atoms in total. The van der Waals surface area contributed by atoms with Crippen LogP contribution in [0.5, 0.6) is 0 Å². The van der Waals surface area contributed by atoms with Crippen molar-refractivity contribution >= 4 is 21.4 Å². The maximum absolute atomic E-state index is 12.3. The van der Waals surface area contributed by atoms with Crippen molar-refractivity contribution in [1.82, 2.24) is 0 Å². The van der Waals surface area contributed by atoms with E-state index in [2.05, 4.69) is 0 Å². The molecular formula is C17H21NO2S. The fourth-order valence-corrected chi connectivity index (χ4v) is 3.23. The van der Waals surface area contributed by atoms with E-state index >= 15 is 0 Å². The lowest BCUT2D eigenvalue weighted by atomic mass is 10.1. The van der Waals surface area contributed by atoms with Gasteiger partial charge in [-0.15, -0.1) is 0 Å². The molecule has 0 saturated carbocycles. The van der Waals surface area contributed by atoms with Gasteiger partial charge >= 0.3 is 0 Å². The summed E-state index contributed by atoms with van der Waals surface area (Å²) in [6.45, 7) is 8.00. The van der Waals surface area contributed by atoms with Crippen LogP contribution in [0.1, 0.15) is 22.3 Å². The largest absolute Gasteiger partial charge is 0.239 e. The van der Waals surface area contributed by atoms with Crippen molar-refractivity contribution in [1.29, 1.82) is 0 Å². The zero-order valence-corrected chi connectivity index (χ0v) is 14.0. The van der Waals surface area contributed by atoms with Crippen LogP contribution in [0.15, 0.2) is 36.4 Å². The average molecular weight is 303 g/mol. The number of benzene rings is 2. The third-order valence-electron chi connectivity index (χ3n) is 3.78. The zero-order chi connectivity index (χ0) is 15.8. The monoisotopic (exact) mass is 303 g/mol. The van der Waals surface area contributed by atoms with Crippen LogP contribution in [0, 0.1) is 27.7 Å². The van der Waals surface area contributed by atoms with Crippen molar-refractivity contribution in [3.63, 3.8) is 0 Å². The second-order valence-corrected chi connectivity index (χ2v) is 7.40. The van der Waals surface area contributed by atoms with Gasteiger partial charge in [0.25, 0.3) is 0 Å². The lowest BCUT2D eigenvalue weighted by Crippen LogP contribution is -2.24. The Morgan fingerprint density at radius 3 is 1.38 bits per heavy atom. The fraction of sp³-hybridized carbons (Fsp3) is 0.294. The fourth-order valence-electron chi connectivity index (χ4n) is 2.24. The SMILES string of the molecule is Cc1ccc(N(c2ccc(C)c(C)c2)S(C)(=O)=O)cc1C. The van der Waals surface area contributed by atoms with Gasteiger partial charge < -0.3 is 0 Å². The Bertz CT molecular complexity index is 728. The minimum absolute atomic E-state index is 0.670. The second-order valence-electron chi connectivity index (χ2n) is 5.56. The van der Waals surface area contributed by atoms with Gasteiger partial charge in [-0.2, -0.15) is 0 Å². The molecule has 0 spiro atoms. The van der Waals surface area contributed by atoms with E-state index in [1.807, 2.05) is 64.1 Å². The van der Waals surface area contributed by atoms with Crippen molar-refractivity contribution in [2.75, 3.05) is 10.6 Å². The first-order chi connectivity index (χ1) is 9.70. The van der Waals surface area contributed by atoms with Gasteiger partial charge in [0.15, 0.2) is 0 Å². The van der Waals surface area contributed by atoms with Crippen LogP contribution in [0.3, 0.4) is 0 Å². The van der Waals surface area contributed by atoms with Gasteiger partial charge in [0.1, 0.15) is 0 Å². The van der Waals surface area contributed by atoms with Gasteiger partial charge in [0.2, 0.25) is 10.0 Å². The van der Waals surface area contributed by atoms with E-state index in [0.29, 0.717) is 11.4 Å². The van der Waals surface area contributed by atoms with E-state index in [1.165, 1.54) is 10.6 Å². The number of nitrogens with zero attached hydrogens (tertiary/aromatic N) is 1. The van der Waals surface area contributed by atoms with Gasteiger partial charge in [0, 0.05) is 0 Å². The first-order valence-corrected chi connectivity index (χ1v) is 8.70. The molecule has 0 aromatic heterocycles. The van der Waals surface area contributed by atoms with E-state index in [0.717, 1.165) is 22.3 Å². The van der Waals surface area contributed by atoms with Crippen LogP contribution in [-0.2, 0) is 10.0 Å². The third-order valence-corrected chi connectivity index (χ3v) is 4.87. The van der Waals surface area contributed by atoms with Crippen molar-refractivity contribution in [2.45, 2.75) is 27.7 Å². The maximum atomic E-state index is 12.3. The van der Waals surface area contributed by atoms with Gasteiger partial charge in [-0.05, 0) is 74.2 Å². The van der Waals surface area contributed by atoms with Gasteiger partial charge in [-0.3, -0.25) is 0 Å². The summed E-state index contributed by atoms with van der Waals surface area (Å²) in [7, 11) is -3.40. The van der Waals surface area contributed by atoms with Crippen LogP contribution >= 0.6 is 0 Å². The molecule has 0 unspecified atom stereocenters. The molecule has 0 aliphatic rings. The summed E-state index contributed by atoms with van der Waals surface area (Å²) in [6, 6.07) is 11.4. The molecular weight excluding hydrogens is 282 g/mol. The molecule has 2 aromatic rings. The molecule has 0 fully saturated rings. The highest BCUT2D eigenvalue weighted by Gasteiger charge is 2.20. The molecule has 0 atom stereocenters. The number of aryl methyl sites for hydroxylation is 4. The van der Waals surface area contributed by atoms with Gasteiger partial charge in [-0.25, -0.2) is 12.7 Å². The smallest absolute Gasteiger partial charge is 0.236 e. The molecule has 0 N–H and O–H groups in total. The van der Waals surface area contributed by atoms with Crippen LogP contribution in [0.4, 0.5) is 11.4 Å². The molecule has 0 amide bonds. The molecule has 4 heteroatoms. The Balaban J connectivity index is 2.63. The number of rotatable bonds is 3. The molecule has 0 bridgehead atoms. The Labute approximate surface area is 127 Å². The normalized spacial score (nSPS) is 11.5. The summed E-state index contributed by atoms with van der Waals surface area (Å²) < 4.78 is 25.9. The topological polar surface area (TPSA) is 37.4 Å². The molecule has 0 aliphatic carbocycles. The van der Waals surface area contributed by atoms with Crippen LogP contribution in [0.25, 0.3) is 0 Å². The highest BCUT2D eigenvalue weighted by molar-refractivity contribution is 7.92. The van der Waals surface area contributed by atoms with Crippen LogP contribution in [-0.4, -0.2) is 14.7 Å². The van der Waals surface area contributed by atoms with Gasteiger partial charge in [-0.1, -0.05) is 12.1 Å². The van der Waals surface area contributed by atoms with Crippen LogP contribution in [0.2, 0.25) is 0 Å². The van der Waals surface area contributed by atoms with Gasteiger partial charge in [0.05, 0.1) is 17.6 Å². The molecule has 0 saturated heterocycles. The molecule has 0 aliphatic heterocycles. The van der Waals surface area contributed by atoms with E-state index < -0.39 is 10.0 Å². The highest BCUT2D eigenvalue weighted by Crippen LogP contribution is 2.31. The predicted molar refractivity (Wildman–Crippen MR) is 88.8 cm³/mol. The maximum Gasteiger partial charge on any atom is 0.236 e. The van der Waals surface area contributed by atoms with Crippen LogP contribution < -0.4 is 4.31 Å². The number of hydrogen-bond donors (Lipinski definition) is 0. The summed E-state index contributed by atoms with van der Waals surface area (Å²) in [4.78, 5) is 0. The summed E-state index contributed by atoms with van der Waals surface area (Å²) in [6.07, 6.45) is 1.23. The quantitative estimate of drug-likeness (QED) is 0.859.